The van der Waals surface area contributed by atoms with Crippen LogP contribution < -0.4 is 5.32 Å². The summed E-state index contributed by atoms with van der Waals surface area (Å²) in [5.41, 5.74) is 4.91. The van der Waals surface area contributed by atoms with E-state index in [9.17, 15) is 4.79 Å². The van der Waals surface area contributed by atoms with E-state index in [1.165, 1.54) is 35.1 Å². The van der Waals surface area contributed by atoms with Crippen LogP contribution in [0, 0.1) is 13.8 Å². The van der Waals surface area contributed by atoms with Gasteiger partial charge in [-0.1, -0.05) is 36.6 Å². The molecule has 1 aromatic carbocycles. The molecule has 4 nitrogen and oxygen atoms in total. The normalized spacial score (nSPS) is 21.3. The molecule has 23 heavy (non-hydrogen) atoms. The van der Waals surface area contributed by atoms with Crippen molar-refractivity contribution in [3.63, 3.8) is 0 Å². The van der Waals surface area contributed by atoms with Crippen molar-refractivity contribution in [3.8, 4) is 0 Å². The van der Waals surface area contributed by atoms with Gasteiger partial charge in [0.15, 0.2) is 0 Å². The lowest BCUT2D eigenvalue weighted by atomic mass is 9.84. The summed E-state index contributed by atoms with van der Waals surface area (Å²) in [6.07, 6.45) is 7.32. The highest BCUT2D eigenvalue weighted by Crippen LogP contribution is 2.41. The zero-order valence-electron chi connectivity index (χ0n) is 13.8. The highest BCUT2D eigenvalue weighted by Gasteiger charge is 2.33. The first-order valence-corrected chi connectivity index (χ1v) is 8.58. The third-order valence-corrected chi connectivity index (χ3v) is 5.33. The SMILES string of the molecule is Cc1ccc(C)c(C2CC(=O)Nc3c2cnn3C2CCCC2)c1. The maximum absolute atomic E-state index is 12.3. The number of amides is 1. The van der Waals surface area contributed by atoms with Crippen LogP contribution in [-0.4, -0.2) is 15.7 Å². The third-order valence-electron chi connectivity index (χ3n) is 5.33. The van der Waals surface area contributed by atoms with Gasteiger partial charge in [-0.05, 0) is 37.8 Å². The van der Waals surface area contributed by atoms with Crippen molar-refractivity contribution in [3.05, 3.63) is 46.6 Å². The maximum atomic E-state index is 12.3. The van der Waals surface area contributed by atoms with Crippen LogP contribution in [0.1, 0.15) is 66.3 Å². The predicted octanol–water partition coefficient (Wildman–Crippen LogP) is 4.09. The van der Waals surface area contributed by atoms with Gasteiger partial charge in [0.2, 0.25) is 5.91 Å². The van der Waals surface area contributed by atoms with Crippen molar-refractivity contribution < 1.29 is 4.79 Å². The third kappa shape index (κ3) is 2.46. The Morgan fingerprint density at radius 3 is 2.74 bits per heavy atom. The first kappa shape index (κ1) is 14.5. The molecule has 1 unspecified atom stereocenters. The molecule has 0 spiro atoms. The van der Waals surface area contributed by atoms with Gasteiger partial charge in [-0.3, -0.25) is 4.79 Å². The van der Waals surface area contributed by atoms with Crippen LogP contribution in [0.4, 0.5) is 5.82 Å². The second kappa shape index (κ2) is 5.52. The quantitative estimate of drug-likeness (QED) is 0.908. The summed E-state index contributed by atoms with van der Waals surface area (Å²) in [6, 6.07) is 6.94. The molecule has 1 N–H and O–H groups in total. The van der Waals surface area contributed by atoms with Crippen LogP contribution in [0.25, 0.3) is 0 Å². The first-order chi connectivity index (χ1) is 11.1. The molecule has 1 aliphatic carbocycles. The van der Waals surface area contributed by atoms with Gasteiger partial charge < -0.3 is 5.32 Å². The van der Waals surface area contributed by atoms with Gasteiger partial charge in [-0.15, -0.1) is 0 Å². The molecule has 120 valence electrons. The van der Waals surface area contributed by atoms with Gasteiger partial charge >= 0.3 is 0 Å². The van der Waals surface area contributed by atoms with Gasteiger partial charge in [0, 0.05) is 17.9 Å². The number of aromatic nitrogens is 2. The average Bonchev–Trinajstić information content (AvgIpc) is 3.17. The summed E-state index contributed by atoms with van der Waals surface area (Å²) >= 11 is 0. The van der Waals surface area contributed by atoms with E-state index in [0.717, 1.165) is 18.7 Å². The second-order valence-electron chi connectivity index (χ2n) is 7.00. The Labute approximate surface area is 136 Å². The number of aryl methyl sites for hydroxylation is 2. The molecule has 1 aliphatic heterocycles. The van der Waals surface area contributed by atoms with Crippen molar-refractivity contribution in [1.29, 1.82) is 0 Å². The Morgan fingerprint density at radius 2 is 1.96 bits per heavy atom. The van der Waals surface area contributed by atoms with Gasteiger partial charge in [0.25, 0.3) is 0 Å². The molecule has 0 bridgehead atoms. The van der Waals surface area contributed by atoms with Gasteiger partial charge in [-0.2, -0.15) is 5.10 Å². The highest BCUT2D eigenvalue weighted by molar-refractivity contribution is 5.94. The van der Waals surface area contributed by atoms with E-state index < -0.39 is 0 Å². The molecule has 1 aromatic heterocycles. The molecule has 0 radical (unpaired) electrons. The Balaban J connectivity index is 1.79. The predicted molar refractivity (Wildman–Crippen MR) is 90.7 cm³/mol. The zero-order valence-corrected chi connectivity index (χ0v) is 13.8. The number of fused-ring (bicyclic) bond motifs is 1. The molecule has 0 saturated heterocycles. The van der Waals surface area contributed by atoms with Crippen LogP contribution in [0.2, 0.25) is 0 Å². The van der Waals surface area contributed by atoms with E-state index in [2.05, 4.69) is 47.1 Å². The second-order valence-corrected chi connectivity index (χ2v) is 7.00. The van der Waals surface area contributed by atoms with Crippen LogP contribution >= 0.6 is 0 Å². The molecular weight excluding hydrogens is 286 g/mol. The van der Waals surface area contributed by atoms with Gasteiger partial charge in [-0.25, -0.2) is 4.68 Å². The number of nitrogens with one attached hydrogen (secondary N) is 1. The number of carbonyl (C=O) groups excluding carboxylic acids is 1. The number of hydrogen-bond acceptors (Lipinski definition) is 2. The molecular formula is C19H23N3O. The van der Waals surface area contributed by atoms with Crippen LogP contribution in [0.5, 0.6) is 0 Å². The summed E-state index contributed by atoms with van der Waals surface area (Å²) in [4.78, 5) is 12.3. The Kier molecular flexibility index (Phi) is 3.47. The van der Waals surface area contributed by atoms with E-state index in [4.69, 9.17) is 0 Å². The number of anilines is 1. The minimum absolute atomic E-state index is 0.100. The summed E-state index contributed by atoms with van der Waals surface area (Å²) in [7, 11) is 0. The smallest absolute Gasteiger partial charge is 0.226 e. The lowest BCUT2D eigenvalue weighted by Gasteiger charge is -2.26. The van der Waals surface area contributed by atoms with Gasteiger partial charge in [0.05, 0.1) is 12.2 Å². The summed E-state index contributed by atoms with van der Waals surface area (Å²) in [6.45, 7) is 4.23. The van der Waals surface area contributed by atoms with Crippen molar-refractivity contribution in [2.45, 2.75) is 57.9 Å². The zero-order chi connectivity index (χ0) is 16.0. The van der Waals surface area contributed by atoms with E-state index in [1.54, 1.807) is 0 Å². The van der Waals surface area contributed by atoms with E-state index in [0.29, 0.717) is 12.5 Å². The molecule has 2 heterocycles. The molecule has 4 heteroatoms. The number of rotatable bonds is 2. The lowest BCUT2D eigenvalue weighted by Crippen LogP contribution is -2.26. The Bertz CT molecular complexity index is 756. The fourth-order valence-corrected chi connectivity index (χ4v) is 4.08. The fourth-order valence-electron chi connectivity index (χ4n) is 4.08. The molecule has 1 saturated carbocycles. The molecule has 2 aliphatic rings. The lowest BCUT2D eigenvalue weighted by molar-refractivity contribution is -0.116. The Hall–Kier alpha value is -2.10. The number of nitrogens with zero attached hydrogens (tertiary/aromatic N) is 2. The number of carbonyl (C=O) groups is 1. The molecule has 1 atom stereocenters. The summed E-state index contributed by atoms with van der Waals surface area (Å²) in [5.74, 6) is 1.15. The van der Waals surface area contributed by atoms with E-state index in [-0.39, 0.29) is 11.8 Å². The first-order valence-electron chi connectivity index (χ1n) is 8.58. The monoisotopic (exact) mass is 309 g/mol. The van der Waals surface area contributed by atoms with Gasteiger partial charge in [0.1, 0.15) is 5.82 Å². The molecule has 1 fully saturated rings. The average molecular weight is 309 g/mol. The molecule has 1 amide bonds. The summed E-state index contributed by atoms with van der Waals surface area (Å²) in [5, 5.41) is 7.72. The van der Waals surface area contributed by atoms with Crippen molar-refractivity contribution in [2.75, 3.05) is 5.32 Å². The fraction of sp³-hybridized carbons (Fsp3) is 0.474. The summed E-state index contributed by atoms with van der Waals surface area (Å²) < 4.78 is 2.07. The van der Waals surface area contributed by atoms with Crippen LogP contribution in [-0.2, 0) is 4.79 Å². The highest BCUT2D eigenvalue weighted by atomic mass is 16.1. The largest absolute Gasteiger partial charge is 0.311 e. The van der Waals surface area contributed by atoms with Crippen molar-refractivity contribution in [2.24, 2.45) is 0 Å². The van der Waals surface area contributed by atoms with Crippen LogP contribution in [0.3, 0.4) is 0 Å². The maximum Gasteiger partial charge on any atom is 0.226 e. The van der Waals surface area contributed by atoms with E-state index >= 15 is 0 Å². The minimum atomic E-state index is 0.100. The molecule has 2 aromatic rings. The molecule has 4 rings (SSSR count). The van der Waals surface area contributed by atoms with Crippen LogP contribution in [0.15, 0.2) is 24.4 Å². The number of hydrogen-bond donors (Lipinski definition) is 1. The standard InChI is InChI=1S/C19H23N3O/c1-12-7-8-13(2)15(9-12)16-10-18(23)21-19-17(16)11-20-22(19)14-5-3-4-6-14/h7-9,11,14,16H,3-6,10H2,1-2H3,(H,21,23). The minimum Gasteiger partial charge on any atom is -0.311 e. The number of benzene rings is 1. The Morgan fingerprint density at radius 1 is 1.17 bits per heavy atom. The topological polar surface area (TPSA) is 46.9 Å². The van der Waals surface area contributed by atoms with Crippen molar-refractivity contribution in [1.82, 2.24) is 9.78 Å². The van der Waals surface area contributed by atoms with Crippen molar-refractivity contribution >= 4 is 11.7 Å². The van der Waals surface area contributed by atoms with E-state index in [1.807, 2.05) is 6.20 Å².